The highest BCUT2D eigenvalue weighted by atomic mass is 32.2. The highest BCUT2D eigenvalue weighted by molar-refractivity contribution is 7.89. The van der Waals surface area contributed by atoms with Gasteiger partial charge in [-0.3, -0.25) is 10.1 Å². The van der Waals surface area contributed by atoms with Crippen molar-refractivity contribution >= 4 is 22.0 Å². The maximum Gasteiger partial charge on any atom is 0.451 e. The molecule has 1 aromatic heterocycles. The normalized spacial score (nSPS) is 21.2. The van der Waals surface area contributed by atoms with Gasteiger partial charge in [-0.25, -0.2) is 23.2 Å². The molecule has 3 amide bonds. The van der Waals surface area contributed by atoms with Gasteiger partial charge in [0.25, 0.3) is 5.91 Å². The number of nitrogens with zero attached hydrogens (tertiary/aromatic N) is 3. The van der Waals surface area contributed by atoms with Crippen molar-refractivity contribution in [3.8, 4) is 11.8 Å². The second-order valence-corrected chi connectivity index (χ2v) is 8.86. The van der Waals surface area contributed by atoms with E-state index in [9.17, 15) is 31.2 Å². The number of urea groups is 1. The highest BCUT2D eigenvalue weighted by Crippen LogP contribution is 2.25. The quantitative estimate of drug-likeness (QED) is 0.516. The number of amides is 3. The van der Waals surface area contributed by atoms with Crippen molar-refractivity contribution < 1.29 is 31.2 Å². The van der Waals surface area contributed by atoms with Crippen LogP contribution in [0, 0.1) is 11.8 Å². The van der Waals surface area contributed by atoms with E-state index in [4.69, 9.17) is 0 Å². The lowest BCUT2D eigenvalue weighted by Crippen LogP contribution is -2.50. The van der Waals surface area contributed by atoms with Crippen molar-refractivity contribution in [2.45, 2.75) is 30.8 Å². The van der Waals surface area contributed by atoms with E-state index in [2.05, 4.69) is 27.1 Å². The smallest absolute Gasteiger partial charge is 0.325 e. The fraction of sp³-hybridized carbons (Fsp3) is 0.412. The molecule has 2 atom stereocenters. The zero-order chi connectivity index (χ0) is 22.1. The Hall–Kier alpha value is -2.98. The Labute approximate surface area is 169 Å². The number of imide groups is 1. The van der Waals surface area contributed by atoms with Crippen LogP contribution in [-0.2, 0) is 21.0 Å². The molecule has 2 aliphatic heterocycles. The molecule has 0 radical (unpaired) electrons. The predicted octanol–water partition coefficient (Wildman–Crippen LogP) is 0.405. The minimum Gasteiger partial charge on any atom is -0.325 e. The highest BCUT2D eigenvalue weighted by Gasteiger charge is 2.43. The van der Waals surface area contributed by atoms with Crippen LogP contribution in [0.15, 0.2) is 24.0 Å². The Kier molecular flexibility index (Phi) is 5.82. The maximum atomic E-state index is 12.7. The third-order valence-electron chi connectivity index (χ3n) is 4.55. The second-order valence-electron chi connectivity index (χ2n) is 6.57. The Morgan fingerprint density at radius 1 is 1.23 bits per heavy atom. The van der Waals surface area contributed by atoms with Gasteiger partial charge in [0, 0.05) is 31.1 Å². The molecule has 2 aliphatic rings. The number of hydrogen-bond acceptors (Lipinski definition) is 6. The summed E-state index contributed by atoms with van der Waals surface area (Å²) in [7, 11) is -3.87. The maximum absolute atomic E-state index is 12.7. The van der Waals surface area contributed by atoms with Crippen LogP contribution in [0.5, 0.6) is 0 Å². The Bertz CT molecular complexity index is 1060. The van der Waals surface area contributed by atoms with Crippen molar-refractivity contribution in [2.24, 2.45) is 0 Å². The van der Waals surface area contributed by atoms with Crippen molar-refractivity contribution in [3.63, 3.8) is 0 Å². The first-order valence-electron chi connectivity index (χ1n) is 8.69. The number of alkyl halides is 3. The van der Waals surface area contributed by atoms with E-state index >= 15 is 0 Å². The van der Waals surface area contributed by atoms with Crippen LogP contribution in [0.2, 0.25) is 0 Å². The molecule has 2 N–H and O–H groups in total. The summed E-state index contributed by atoms with van der Waals surface area (Å²) in [5.74, 6) is 3.46. The lowest BCUT2D eigenvalue weighted by Gasteiger charge is -2.29. The molecule has 0 aromatic carbocycles. The van der Waals surface area contributed by atoms with Crippen molar-refractivity contribution in [2.75, 3.05) is 13.1 Å². The first kappa shape index (κ1) is 21.7. The van der Waals surface area contributed by atoms with Crippen LogP contribution < -0.4 is 10.6 Å². The number of rotatable bonds is 3. The summed E-state index contributed by atoms with van der Waals surface area (Å²) in [6.45, 7) is 1.47. The zero-order valence-electron chi connectivity index (χ0n) is 15.5. The van der Waals surface area contributed by atoms with Gasteiger partial charge in [0.2, 0.25) is 15.8 Å². The number of nitrogens with one attached hydrogen (secondary N) is 2. The summed E-state index contributed by atoms with van der Waals surface area (Å²) in [4.78, 5) is 29.4. The summed E-state index contributed by atoms with van der Waals surface area (Å²) in [5.41, 5.74) is 0.802. The topological polar surface area (TPSA) is 121 Å². The van der Waals surface area contributed by atoms with Gasteiger partial charge in [-0.15, -0.1) is 0 Å². The summed E-state index contributed by atoms with van der Waals surface area (Å²) >= 11 is 0. The largest absolute Gasteiger partial charge is 0.451 e. The molecular formula is C17H16F3N5O4S. The predicted molar refractivity (Wildman–Crippen MR) is 97.0 cm³/mol. The molecule has 160 valence electrons. The summed E-state index contributed by atoms with van der Waals surface area (Å²) in [5, 5.41) is 3.12. The number of halogens is 3. The van der Waals surface area contributed by atoms with Crippen LogP contribution in [-0.4, -0.2) is 59.0 Å². The van der Waals surface area contributed by atoms with Crippen LogP contribution in [0.25, 0.3) is 0 Å². The average Bonchev–Trinajstić information content (AvgIpc) is 3.03. The molecule has 1 unspecified atom stereocenters. The Morgan fingerprint density at radius 2 is 1.90 bits per heavy atom. The third kappa shape index (κ3) is 4.60. The van der Waals surface area contributed by atoms with E-state index in [1.807, 2.05) is 5.32 Å². The number of carbonyl (C=O) groups excluding carboxylic acids is 2. The third-order valence-corrected chi connectivity index (χ3v) is 6.81. The van der Waals surface area contributed by atoms with Crippen molar-refractivity contribution in [3.05, 3.63) is 35.4 Å². The van der Waals surface area contributed by atoms with E-state index in [-0.39, 0.29) is 25.1 Å². The fourth-order valence-corrected chi connectivity index (χ4v) is 4.49. The molecule has 13 heteroatoms. The molecule has 30 heavy (non-hydrogen) atoms. The number of aromatic nitrogens is 2. The van der Waals surface area contributed by atoms with Crippen LogP contribution in [0.3, 0.4) is 0 Å². The van der Waals surface area contributed by atoms with Crippen LogP contribution >= 0.6 is 0 Å². The van der Waals surface area contributed by atoms with Gasteiger partial charge in [0.1, 0.15) is 11.3 Å². The van der Waals surface area contributed by atoms with E-state index in [1.54, 1.807) is 6.08 Å². The molecule has 3 heterocycles. The van der Waals surface area contributed by atoms with Crippen molar-refractivity contribution in [1.82, 2.24) is 24.9 Å². The van der Waals surface area contributed by atoms with Crippen LogP contribution in [0.1, 0.15) is 24.7 Å². The van der Waals surface area contributed by atoms with Gasteiger partial charge >= 0.3 is 12.2 Å². The summed E-state index contributed by atoms with van der Waals surface area (Å²) in [6, 6.07) is -1.91. The van der Waals surface area contributed by atoms with Crippen molar-refractivity contribution in [1.29, 1.82) is 0 Å². The Morgan fingerprint density at radius 3 is 2.40 bits per heavy atom. The number of hydrogen-bond donors (Lipinski definition) is 2. The summed E-state index contributed by atoms with van der Waals surface area (Å²) < 4.78 is 64.0. The lowest BCUT2D eigenvalue weighted by atomic mass is 10.1. The first-order chi connectivity index (χ1) is 14.0. The molecular weight excluding hydrogens is 427 g/mol. The molecule has 1 saturated heterocycles. The minimum absolute atomic E-state index is 0.0164. The number of carbonyl (C=O) groups is 2. The van der Waals surface area contributed by atoms with Gasteiger partial charge in [0.15, 0.2) is 0 Å². The molecule has 0 bridgehead atoms. The monoisotopic (exact) mass is 443 g/mol. The molecule has 0 spiro atoms. The average molecular weight is 443 g/mol. The van der Waals surface area contributed by atoms with E-state index in [0.29, 0.717) is 5.57 Å². The Balaban J connectivity index is 1.66. The second kappa shape index (κ2) is 8.04. The van der Waals surface area contributed by atoms with Crippen LogP contribution in [0.4, 0.5) is 18.0 Å². The number of sulfonamides is 1. The van der Waals surface area contributed by atoms with E-state index in [0.717, 1.165) is 12.4 Å². The van der Waals surface area contributed by atoms with Gasteiger partial charge in [0.05, 0.1) is 5.56 Å². The van der Waals surface area contributed by atoms with E-state index in [1.165, 1.54) is 11.2 Å². The molecule has 0 aliphatic carbocycles. The standard InChI is InChI=1S/C17H16F3N5O4S/c1-10(13-14(26)24-16(27)23-13)30(28,29)25-6-4-11(5-7-25)2-3-12-8-21-15(22-9-12)17(18,19)20/h4,8-10,13H,5-7H2,1H3,(H2,23,24,26,27)/t10?,13-/m1/s1. The van der Waals surface area contributed by atoms with Gasteiger partial charge in [-0.1, -0.05) is 17.9 Å². The first-order valence-corrected chi connectivity index (χ1v) is 10.2. The lowest BCUT2D eigenvalue weighted by molar-refractivity contribution is -0.145. The van der Waals surface area contributed by atoms with Gasteiger partial charge < -0.3 is 5.32 Å². The summed E-state index contributed by atoms with van der Waals surface area (Å²) in [6.07, 6.45) is -0.841. The fourth-order valence-electron chi connectivity index (χ4n) is 2.86. The van der Waals surface area contributed by atoms with Gasteiger partial charge in [-0.2, -0.15) is 17.5 Å². The minimum atomic E-state index is -4.63. The van der Waals surface area contributed by atoms with Gasteiger partial charge in [-0.05, 0) is 13.3 Å². The molecule has 3 rings (SSSR count). The molecule has 1 aromatic rings. The molecule has 0 saturated carbocycles. The molecule has 1 fully saturated rings. The molecule has 9 nitrogen and oxygen atoms in total. The zero-order valence-corrected chi connectivity index (χ0v) is 16.3. The van der Waals surface area contributed by atoms with E-state index < -0.39 is 45.3 Å². The SMILES string of the molecule is CC([C@H]1NC(=O)NC1=O)S(=O)(=O)N1CC=C(C#Cc2cnc(C(F)(F)F)nc2)CC1.